The van der Waals surface area contributed by atoms with Crippen LogP contribution in [0.5, 0.6) is 0 Å². The van der Waals surface area contributed by atoms with E-state index >= 15 is 0 Å². The Morgan fingerprint density at radius 1 is 1.22 bits per heavy atom. The van der Waals surface area contributed by atoms with E-state index < -0.39 is 12.1 Å². The topological polar surface area (TPSA) is 86.1 Å². The Morgan fingerprint density at radius 2 is 2.00 bits per heavy atom. The van der Waals surface area contributed by atoms with Crippen LogP contribution in [0, 0.1) is 0 Å². The van der Waals surface area contributed by atoms with Gasteiger partial charge in [0.2, 0.25) is 0 Å². The Bertz CT molecular complexity index is 914. The first-order valence-electron chi connectivity index (χ1n) is 8.82. The third-order valence-corrected chi connectivity index (χ3v) is 5.07. The van der Waals surface area contributed by atoms with Gasteiger partial charge in [-0.2, -0.15) is 5.10 Å². The molecule has 2 aromatic heterocycles. The second-order valence-electron chi connectivity index (χ2n) is 6.45. The number of aromatic nitrogens is 3. The van der Waals surface area contributed by atoms with Gasteiger partial charge in [0.1, 0.15) is 5.82 Å². The fourth-order valence-corrected chi connectivity index (χ4v) is 3.56. The predicted molar refractivity (Wildman–Crippen MR) is 105 cm³/mol. The number of thiazole rings is 1. The Morgan fingerprint density at radius 3 is 2.74 bits per heavy atom. The average molecular weight is 386 g/mol. The molecule has 0 saturated heterocycles. The van der Waals surface area contributed by atoms with Gasteiger partial charge in [-0.3, -0.25) is 9.59 Å². The Hall–Kier alpha value is -2.74. The molecule has 27 heavy (non-hydrogen) atoms. The molecule has 1 amide bonds. The van der Waals surface area contributed by atoms with Crippen LogP contribution in [-0.2, 0) is 20.7 Å². The fraction of sp³-hybridized carbons (Fsp3) is 0.368. The monoisotopic (exact) mass is 386 g/mol. The molecular formula is C19H22N4O3S. The highest BCUT2D eigenvalue weighted by Gasteiger charge is 2.20. The van der Waals surface area contributed by atoms with E-state index in [-0.39, 0.29) is 18.4 Å². The molecule has 142 valence electrons. The highest BCUT2D eigenvalue weighted by molar-refractivity contribution is 7.18. The predicted octanol–water partition coefficient (Wildman–Crippen LogP) is 3.58. The minimum absolute atomic E-state index is 0.113. The summed E-state index contributed by atoms with van der Waals surface area (Å²) in [6.07, 6.45) is 1.40. The van der Waals surface area contributed by atoms with Crippen LogP contribution in [0.2, 0.25) is 0 Å². The standard InChI is InChI=1S/C19H22N4O3S/c1-12(2)23-16(10-11-20-23)22-19(25)13(3)26-18(24)9-8-17-21-14-6-4-5-7-15(14)27-17/h4-7,10-13H,8-9H2,1-3H3,(H,22,25)/t13-/m1/s1. The smallest absolute Gasteiger partial charge is 0.306 e. The van der Waals surface area contributed by atoms with E-state index in [0.717, 1.165) is 15.2 Å². The molecule has 0 aliphatic rings. The first-order chi connectivity index (χ1) is 12.9. The number of anilines is 1. The third kappa shape index (κ3) is 4.71. The van der Waals surface area contributed by atoms with Crippen molar-refractivity contribution in [2.24, 2.45) is 0 Å². The van der Waals surface area contributed by atoms with Gasteiger partial charge in [0.25, 0.3) is 5.91 Å². The maximum atomic E-state index is 12.3. The number of carbonyl (C=O) groups is 2. The molecule has 0 fully saturated rings. The van der Waals surface area contributed by atoms with Crippen LogP contribution in [0.4, 0.5) is 5.82 Å². The van der Waals surface area contributed by atoms with Gasteiger partial charge < -0.3 is 10.1 Å². The zero-order valence-electron chi connectivity index (χ0n) is 15.5. The average Bonchev–Trinajstić information content (AvgIpc) is 3.26. The summed E-state index contributed by atoms with van der Waals surface area (Å²) in [6, 6.07) is 9.67. The number of fused-ring (bicyclic) bond motifs is 1. The number of rotatable bonds is 7. The number of amides is 1. The number of esters is 1. The maximum Gasteiger partial charge on any atom is 0.306 e. The van der Waals surface area contributed by atoms with Crippen LogP contribution in [0.3, 0.4) is 0 Å². The van der Waals surface area contributed by atoms with E-state index in [9.17, 15) is 9.59 Å². The Labute approximate surface area is 161 Å². The van der Waals surface area contributed by atoms with E-state index in [4.69, 9.17) is 4.74 Å². The molecule has 7 nitrogen and oxygen atoms in total. The molecule has 8 heteroatoms. The van der Waals surface area contributed by atoms with Crippen molar-refractivity contribution in [3.8, 4) is 0 Å². The SMILES string of the molecule is CC(C)n1nccc1NC(=O)[C@@H](C)OC(=O)CCc1nc2ccccc2s1. The number of para-hydroxylation sites is 1. The number of hydrogen-bond donors (Lipinski definition) is 1. The van der Waals surface area contributed by atoms with Gasteiger partial charge in [0.05, 0.1) is 27.8 Å². The van der Waals surface area contributed by atoms with Gasteiger partial charge in [-0.25, -0.2) is 9.67 Å². The van der Waals surface area contributed by atoms with Crippen LogP contribution in [0.1, 0.15) is 38.2 Å². The minimum atomic E-state index is -0.886. The summed E-state index contributed by atoms with van der Waals surface area (Å²) in [7, 11) is 0. The van der Waals surface area contributed by atoms with E-state index in [1.165, 1.54) is 0 Å². The molecule has 3 rings (SSSR count). The van der Waals surface area contributed by atoms with Gasteiger partial charge in [-0.05, 0) is 32.9 Å². The van der Waals surface area contributed by atoms with Crippen LogP contribution in [-0.4, -0.2) is 32.7 Å². The zero-order valence-corrected chi connectivity index (χ0v) is 16.3. The normalized spacial score (nSPS) is 12.3. The van der Waals surface area contributed by atoms with Gasteiger partial charge >= 0.3 is 5.97 Å². The number of ether oxygens (including phenoxy) is 1. The highest BCUT2D eigenvalue weighted by atomic mass is 32.1. The number of benzene rings is 1. The van der Waals surface area contributed by atoms with Crippen molar-refractivity contribution >= 4 is 39.2 Å². The number of nitrogens with one attached hydrogen (secondary N) is 1. The quantitative estimate of drug-likeness (QED) is 0.627. The summed E-state index contributed by atoms with van der Waals surface area (Å²) in [4.78, 5) is 28.9. The van der Waals surface area contributed by atoms with Gasteiger partial charge in [0, 0.05) is 18.5 Å². The van der Waals surface area contributed by atoms with Crippen molar-refractivity contribution in [2.75, 3.05) is 5.32 Å². The maximum absolute atomic E-state index is 12.3. The molecule has 0 radical (unpaired) electrons. The third-order valence-electron chi connectivity index (χ3n) is 3.97. The number of hydrogen-bond acceptors (Lipinski definition) is 6. The van der Waals surface area contributed by atoms with E-state index in [2.05, 4.69) is 15.4 Å². The van der Waals surface area contributed by atoms with Gasteiger partial charge in [0.15, 0.2) is 6.10 Å². The second-order valence-corrected chi connectivity index (χ2v) is 7.57. The molecule has 0 aliphatic heterocycles. The minimum Gasteiger partial charge on any atom is -0.453 e. The van der Waals surface area contributed by atoms with Crippen molar-refractivity contribution in [3.63, 3.8) is 0 Å². The molecule has 2 heterocycles. The molecule has 1 atom stereocenters. The van der Waals surface area contributed by atoms with Crippen LogP contribution < -0.4 is 5.32 Å². The van der Waals surface area contributed by atoms with Crippen LogP contribution in [0.15, 0.2) is 36.5 Å². The first-order valence-corrected chi connectivity index (χ1v) is 9.64. The molecule has 1 aromatic carbocycles. The number of nitrogens with zero attached hydrogens (tertiary/aromatic N) is 3. The van der Waals surface area contributed by atoms with E-state index in [1.54, 1.807) is 35.2 Å². The zero-order chi connectivity index (χ0) is 19.4. The molecule has 3 aromatic rings. The van der Waals surface area contributed by atoms with Crippen molar-refractivity contribution in [3.05, 3.63) is 41.5 Å². The van der Waals surface area contributed by atoms with Crippen LogP contribution in [0.25, 0.3) is 10.2 Å². The first kappa shape index (κ1) is 19.0. The summed E-state index contributed by atoms with van der Waals surface area (Å²) in [5, 5.41) is 7.78. The van der Waals surface area contributed by atoms with E-state index in [1.807, 2.05) is 38.1 Å². The molecule has 0 saturated carbocycles. The summed E-state index contributed by atoms with van der Waals surface area (Å²) < 4.78 is 8.04. The fourth-order valence-electron chi connectivity index (χ4n) is 2.60. The lowest BCUT2D eigenvalue weighted by Gasteiger charge is -2.15. The lowest BCUT2D eigenvalue weighted by Crippen LogP contribution is -2.31. The summed E-state index contributed by atoms with van der Waals surface area (Å²) in [5.74, 6) is -0.229. The molecule has 0 unspecified atom stereocenters. The van der Waals surface area contributed by atoms with Crippen molar-refractivity contribution in [1.82, 2.24) is 14.8 Å². The highest BCUT2D eigenvalue weighted by Crippen LogP contribution is 2.22. The summed E-state index contributed by atoms with van der Waals surface area (Å²) in [6.45, 7) is 5.49. The van der Waals surface area contributed by atoms with Crippen molar-refractivity contribution in [1.29, 1.82) is 0 Å². The van der Waals surface area contributed by atoms with Gasteiger partial charge in [-0.1, -0.05) is 12.1 Å². The van der Waals surface area contributed by atoms with Crippen molar-refractivity contribution < 1.29 is 14.3 Å². The Kier molecular flexibility index (Phi) is 5.85. The second kappa shape index (κ2) is 8.30. The lowest BCUT2D eigenvalue weighted by molar-refractivity contribution is -0.153. The summed E-state index contributed by atoms with van der Waals surface area (Å²) in [5.41, 5.74) is 0.931. The Balaban J connectivity index is 1.50. The summed E-state index contributed by atoms with van der Waals surface area (Å²) >= 11 is 1.56. The molecule has 1 N–H and O–H groups in total. The van der Waals surface area contributed by atoms with Gasteiger partial charge in [-0.15, -0.1) is 11.3 Å². The largest absolute Gasteiger partial charge is 0.453 e. The van der Waals surface area contributed by atoms with Crippen LogP contribution >= 0.6 is 11.3 Å². The number of carbonyl (C=O) groups excluding carboxylic acids is 2. The van der Waals surface area contributed by atoms with Crippen molar-refractivity contribution in [2.45, 2.75) is 45.8 Å². The number of aryl methyl sites for hydroxylation is 1. The molecular weight excluding hydrogens is 364 g/mol. The lowest BCUT2D eigenvalue weighted by atomic mass is 10.3. The van der Waals surface area contributed by atoms with E-state index in [0.29, 0.717) is 12.2 Å². The molecule has 0 bridgehead atoms. The molecule has 0 spiro atoms. The molecule has 0 aliphatic carbocycles.